The van der Waals surface area contributed by atoms with Crippen molar-refractivity contribution in [1.82, 2.24) is 5.01 Å². The molecule has 8 heteroatoms. The summed E-state index contributed by atoms with van der Waals surface area (Å²) in [6, 6.07) is 6.45. The lowest BCUT2D eigenvalue weighted by Crippen LogP contribution is -2.57. The molecule has 1 aromatic carbocycles. The molecule has 148 valence electrons. The number of hydrogen-bond acceptors (Lipinski definition) is 4. The Morgan fingerprint density at radius 3 is 2.44 bits per heavy atom. The molecule has 1 aliphatic carbocycles. The summed E-state index contributed by atoms with van der Waals surface area (Å²) in [7, 11) is 1.50. The summed E-state index contributed by atoms with van der Waals surface area (Å²) in [5.74, 6) is -0.408. The molecule has 1 N–H and O–H groups in total. The largest absolute Gasteiger partial charge is 0.497 e. The average Bonchev–Trinajstić information content (AvgIpc) is 3.02. The van der Waals surface area contributed by atoms with Crippen LogP contribution in [0.3, 0.4) is 0 Å². The van der Waals surface area contributed by atoms with Gasteiger partial charge in [-0.15, -0.1) is 0 Å². The fourth-order valence-electron chi connectivity index (χ4n) is 3.71. The summed E-state index contributed by atoms with van der Waals surface area (Å²) >= 11 is 0. The molecule has 1 heterocycles. The summed E-state index contributed by atoms with van der Waals surface area (Å²) in [6.07, 6.45) is -1.56. The third-order valence-corrected chi connectivity index (χ3v) is 5.29. The quantitative estimate of drug-likeness (QED) is 0.862. The monoisotopic (exact) mass is 384 g/mol. The third kappa shape index (κ3) is 3.95. The summed E-state index contributed by atoms with van der Waals surface area (Å²) in [5, 5.41) is 14.6. The Hall–Kier alpha value is -2.09. The van der Waals surface area contributed by atoms with E-state index in [2.05, 4.69) is 5.10 Å². The highest BCUT2D eigenvalue weighted by Gasteiger charge is 2.63. The van der Waals surface area contributed by atoms with E-state index in [9.17, 15) is 23.1 Å². The van der Waals surface area contributed by atoms with Crippen molar-refractivity contribution in [2.75, 3.05) is 7.11 Å². The van der Waals surface area contributed by atoms with Gasteiger partial charge in [0.05, 0.1) is 13.5 Å². The molecule has 1 unspecified atom stereocenters. The Balaban J connectivity index is 1.83. The maximum Gasteiger partial charge on any atom is 0.438 e. The molecule has 1 aromatic rings. The van der Waals surface area contributed by atoms with Gasteiger partial charge in [-0.25, -0.2) is 0 Å². The first-order chi connectivity index (χ1) is 12.7. The number of hydrazone groups is 1. The minimum Gasteiger partial charge on any atom is -0.497 e. The van der Waals surface area contributed by atoms with Crippen LogP contribution in [0.1, 0.15) is 44.1 Å². The fraction of sp³-hybridized carbons (Fsp3) is 0.579. The Bertz CT molecular complexity index is 712. The van der Waals surface area contributed by atoms with Crippen molar-refractivity contribution in [2.24, 2.45) is 11.0 Å². The molecular weight excluding hydrogens is 361 g/mol. The van der Waals surface area contributed by atoms with E-state index in [1.54, 1.807) is 24.3 Å². The molecular formula is C19H23F3N2O3. The van der Waals surface area contributed by atoms with Crippen molar-refractivity contribution in [3.63, 3.8) is 0 Å². The van der Waals surface area contributed by atoms with Gasteiger partial charge in [-0.05, 0) is 36.5 Å². The van der Waals surface area contributed by atoms with Gasteiger partial charge < -0.3 is 9.84 Å². The number of carbonyl (C=O) groups excluding carboxylic acids is 1. The van der Waals surface area contributed by atoms with Crippen LogP contribution in [0, 0.1) is 5.92 Å². The van der Waals surface area contributed by atoms with Gasteiger partial charge in [0, 0.05) is 12.1 Å². The number of benzene rings is 1. The molecule has 0 spiro atoms. The minimum absolute atomic E-state index is 0.105. The van der Waals surface area contributed by atoms with Gasteiger partial charge in [-0.3, -0.25) is 4.79 Å². The highest BCUT2D eigenvalue weighted by atomic mass is 19.4. The summed E-state index contributed by atoms with van der Waals surface area (Å²) in [5.41, 5.74) is -2.48. The second-order valence-electron chi connectivity index (χ2n) is 7.15. The number of nitrogens with zero attached hydrogens (tertiary/aromatic N) is 2. The van der Waals surface area contributed by atoms with Crippen LogP contribution < -0.4 is 4.74 Å². The number of ether oxygens (including phenoxy) is 1. The first kappa shape index (κ1) is 19.7. The Kier molecular flexibility index (Phi) is 5.46. The number of rotatable bonds is 4. The van der Waals surface area contributed by atoms with E-state index in [-0.39, 0.29) is 23.1 Å². The smallest absolute Gasteiger partial charge is 0.438 e. The molecule has 1 saturated carbocycles. The Morgan fingerprint density at radius 1 is 1.26 bits per heavy atom. The molecule has 1 atom stereocenters. The van der Waals surface area contributed by atoms with Crippen LogP contribution in [-0.2, 0) is 11.2 Å². The molecule has 0 saturated heterocycles. The fourth-order valence-corrected chi connectivity index (χ4v) is 3.71. The predicted molar refractivity (Wildman–Crippen MR) is 93.2 cm³/mol. The van der Waals surface area contributed by atoms with Gasteiger partial charge >= 0.3 is 6.18 Å². The average molecular weight is 384 g/mol. The first-order valence-electron chi connectivity index (χ1n) is 9.07. The number of methoxy groups -OCH3 is 1. The van der Waals surface area contributed by atoms with E-state index in [1.807, 2.05) is 0 Å². The molecule has 3 rings (SSSR count). The van der Waals surface area contributed by atoms with Crippen LogP contribution in [0.2, 0.25) is 0 Å². The van der Waals surface area contributed by atoms with E-state index in [0.717, 1.165) is 32.1 Å². The molecule has 0 radical (unpaired) electrons. The van der Waals surface area contributed by atoms with Gasteiger partial charge in [-0.1, -0.05) is 31.4 Å². The zero-order valence-corrected chi connectivity index (χ0v) is 15.1. The molecule has 1 aliphatic heterocycles. The molecule has 5 nitrogen and oxygen atoms in total. The summed E-state index contributed by atoms with van der Waals surface area (Å²) in [4.78, 5) is 12.6. The van der Waals surface area contributed by atoms with Crippen LogP contribution in [0.4, 0.5) is 13.2 Å². The van der Waals surface area contributed by atoms with Crippen LogP contribution in [0.25, 0.3) is 0 Å². The van der Waals surface area contributed by atoms with Gasteiger partial charge in [0.2, 0.25) is 5.91 Å². The zero-order valence-electron chi connectivity index (χ0n) is 15.1. The van der Waals surface area contributed by atoms with Crippen LogP contribution in [-0.4, -0.2) is 40.7 Å². The molecule has 2 aliphatic rings. The van der Waals surface area contributed by atoms with E-state index in [1.165, 1.54) is 7.11 Å². The number of hydrogen-bond donors (Lipinski definition) is 1. The molecule has 0 bridgehead atoms. The molecule has 1 fully saturated rings. The minimum atomic E-state index is -4.98. The number of halogens is 3. The van der Waals surface area contributed by atoms with Crippen LogP contribution >= 0.6 is 0 Å². The zero-order chi connectivity index (χ0) is 19.7. The number of carbonyl (C=O) groups is 1. The first-order valence-corrected chi connectivity index (χ1v) is 9.07. The normalized spacial score (nSPS) is 24.0. The second kappa shape index (κ2) is 7.50. The Morgan fingerprint density at radius 2 is 1.89 bits per heavy atom. The second-order valence-corrected chi connectivity index (χ2v) is 7.15. The van der Waals surface area contributed by atoms with Gasteiger partial charge in [-0.2, -0.15) is 23.3 Å². The molecule has 0 aromatic heterocycles. The van der Waals surface area contributed by atoms with Crippen LogP contribution in [0.5, 0.6) is 5.75 Å². The van der Waals surface area contributed by atoms with Crippen molar-refractivity contribution in [2.45, 2.75) is 56.8 Å². The van der Waals surface area contributed by atoms with Gasteiger partial charge in [0.1, 0.15) is 5.75 Å². The Labute approximate surface area is 155 Å². The van der Waals surface area contributed by atoms with Crippen molar-refractivity contribution in [1.29, 1.82) is 0 Å². The highest BCUT2D eigenvalue weighted by molar-refractivity contribution is 5.92. The maximum atomic E-state index is 13.6. The van der Waals surface area contributed by atoms with Gasteiger partial charge in [0.25, 0.3) is 5.72 Å². The van der Waals surface area contributed by atoms with E-state index in [4.69, 9.17) is 4.74 Å². The van der Waals surface area contributed by atoms with Crippen molar-refractivity contribution >= 4 is 11.6 Å². The number of alkyl halides is 3. The van der Waals surface area contributed by atoms with Crippen molar-refractivity contribution < 1.29 is 27.8 Å². The van der Waals surface area contributed by atoms with Crippen LogP contribution in [0.15, 0.2) is 29.4 Å². The van der Waals surface area contributed by atoms with E-state index < -0.39 is 24.2 Å². The molecule has 1 amide bonds. The topological polar surface area (TPSA) is 62.1 Å². The highest BCUT2D eigenvalue weighted by Crippen LogP contribution is 2.43. The maximum absolute atomic E-state index is 13.6. The predicted octanol–water partition coefficient (Wildman–Crippen LogP) is 3.66. The van der Waals surface area contributed by atoms with E-state index >= 15 is 0 Å². The van der Waals surface area contributed by atoms with Crippen molar-refractivity contribution in [3.8, 4) is 5.75 Å². The molecule has 27 heavy (non-hydrogen) atoms. The third-order valence-electron chi connectivity index (χ3n) is 5.29. The lowest BCUT2D eigenvalue weighted by molar-refractivity contribution is -0.302. The summed E-state index contributed by atoms with van der Waals surface area (Å²) in [6.45, 7) is 0. The standard InChI is InChI=1S/C19H23F3N2O3/c1-27-15-9-7-13(8-10-15)11-17(25)24-18(26,19(20,21)22)12-16(23-24)14-5-3-2-4-6-14/h7-10,14,26H,2-6,11-12H2,1H3. The number of aliphatic hydroxyl groups is 1. The van der Waals surface area contributed by atoms with E-state index in [0.29, 0.717) is 11.3 Å². The van der Waals surface area contributed by atoms with Gasteiger partial charge in [0.15, 0.2) is 0 Å². The summed E-state index contributed by atoms with van der Waals surface area (Å²) < 4.78 is 45.8. The number of amides is 1. The lowest BCUT2D eigenvalue weighted by Gasteiger charge is -2.32. The lowest BCUT2D eigenvalue weighted by atomic mass is 9.83. The SMILES string of the molecule is COc1ccc(CC(=O)N2N=C(C3CCCCC3)CC2(O)C(F)(F)F)cc1. The van der Waals surface area contributed by atoms with Crippen molar-refractivity contribution in [3.05, 3.63) is 29.8 Å².